The molecule has 1 unspecified atom stereocenters. The number of amides is 3. The lowest BCUT2D eigenvalue weighted by atomic mass is 10.1. The average Bonchev–Trinajstić information content (AvgIpc) is 3.25. The van der Waals surface area contributed by atoms with Crippen molar-refractivity contribution in [2.45, 2.75) is 53.2 Å². The molecule has 3 heterocycles. The Morgan fingerprint density at radius 2 is 1.77 bits per heavy atom. The summed E-state index contributed by atoms with van der Waals surface area (Å²) in [6, 6.07) is 8.79. The van der Waals surface area contributed by atoms with Gasteiger partial charge < -0.3 is 0 Å². The van der Waals surface area contributed by atoms with E-state index >= 15 is 0 Å². The van der Waals surface area contributed by atoms with Crippen LogP contribution in [0.25, 0.3) is 0 Å². The number of rotatable bonds is 3. The number of hydrogen-bond acceptors (Lipinski definition) is 4. The summed E-state index contributed by atoms with van der Waals surface area (Å²) in [6.07, 6.45) is 0. The van der Waals surface area contributed by atoms with Gasteiger partial charge in [0.25, 0.3) is 5.91 Å². The second-order valence-electron chi connectivity index (χ2n) is 8.26. The number of likely N-dealkylation sites (N-methyl/N-ethyl adjacent to an activating group) is 1. The van der Waals surface area contributed by atoms with Gasteiger partial charge in [0, 0.05) is 7.05 Å². The molecular formula is C22H27N6O2+. The topological polar surface area (TPSA) is 73.8 Å². The van der Waals surface area contributed by atoms with Gasteiger partial charge in [0.15, 0.2) is 0 Å². The lowest BCUT2D eigenvalue weighted by molar-refractivity contribution is -0.567. The van der Waals surface area contributed by atoms with Crippen LogP contribution in [0, 0.1) is 20.8 Å². The summed E-state index contributed by atoms with van der Waals surface area (Å²) in [5.41, 5.74) is 3.84. The summed E-state index contributed by atoms with van der Waals surface area (Å²) in [7, 11) is 1.67. The maximum atomic E-state index is 13.5. The van der Waals surface area contributed by atoms with Crippen LogP contribution in [-0.4, -0.2) is 67.0 Å². The van der Waals surface area contributed by atoms with E-state index in [1.807, 2.05) is 69.5 Å². The highest BCUT2D eigenvalue weighted by molar-refractivity contribution is 6.22. The van der Waals surface area contributed by atoms with Crippen LogP contribution in [0.3, 0.4) is 0 Å². The van der Waals surface area contributed by atoms with E-state index in [0.29, 0.717) is 11.8 Å². The van der Waals surface area contributed by atoms with E-state index in [1.54, 1.807) is 11.7 Å². The van der Waals surface area contributed by atoms with Gasteiger partial charge >= 0.3 is 12.0 Å². The Bertz CT molecular complexity index is 1090. The van der Waals surface area contributed by atoms with Gasteiger partial charge in [-0.15, -0.1) is 9.78 Å². The zero-order valence-electron chi connectivity index (χ0n) is 18.2. The van der Waals surface area contributed by atoms with E-state index < -0.39 is 6.04 Å². The highest BCUT2D eigenvalue weighted by atomic mass is 16.2. The Hall–Kier alpha value is -3.29. The van der Waals surface area contributed by atoms with Crippen molar-refractivity contribution >= 4 is 23.7 Å². The zero-order chi connectivity index (χ0) is 21.7. The van der Waals surface area contributed by atoms with Gasteiger partial charge in [-0.1, -0.05) is 34.8 Å². The second kappa shape index (κ2) is 7.19. The smallest absolute Gasteiger partial charge is 0.270 e. The molecule has 0 N–H and O–H groups in total. The zero-order valence-corrected chi connectivity index (χ0v) is 18.2. The van der Waals surface area contributed by atoms with Crippen molar-refractivity contribution in [3.8, 4) is 0 Å². The predicted octanol–water partition coefficient (Wildman–Crippen LogP) is 2.31. The SMILES string of the molecule is Cc1ccc(CN2C(=O)C3C(=NC(n4nc(C)cc4C)=[N+]3C(C)C)N(C)C2=O)cc1. The standard InChI is InChI=1S/C22H27N6O2/c1-13(2)27-18-19(23-21(27)28-16(5)11-15(4)24-28)25(6)22(30)26(20(18)29)12-17-9-7-14(3)8-10-17/h7-11,13,18H,12H2,1-6H3/q+1. The van der Waals surface area contributed by atoms with Gasteiger partial charge in [0.1, 0.15) is 5.69 Å². The number of nitrogens with zero attached hydrogens (tertiary/aromatic N) is 6. The monoisotopic (exact) mass is 407 g/mol. The fraction of sp³-hybridized carbons (Fsp3) is 0.409. The van der Waals surface area contributed by atoms with Gasteiger partial charge in [-0.05, 0) is 46.2 Å². The molecule has 3 amide bonds. The molecule has 1 aromatic heterocycles. The molecule has 1 aromatic carbocycles. The molecular weight excluding hydrogens is 380 g/mol. The molecule has 2 aromatic rings. The van der Waals surface area contributed by atoms with Gasteiger partial charge in [-0.25, -0.2) is 9.37 Å². The maximum absolute atomic E-state index is 13.5. The minimum Gasteiger partial charge on any atom is -0.270 e. The molecule has 1 fully saturated rings. The number of hydrogen-bond donors (Lipinski definition) is 0. The predicted molar refractivity (Wildman–Crippen MR) is 114 cm³/mol. The quantitative estimate of drug-likeness (QED) is 0.733. The molecule has 0 aliphatic carbocycles. The van der Waals surface area contributed by atoms with Crippen molar-refractivity contribution in [2.24, 2.45) is 4.99 Å². The number of carbonyl (C=O) groups excluding carboxylic acids is 2. The van der Waals surface area contributed by atoms with Gasteiger partial charge in [-0.2, -0.15) is 0 Å². The van der Waals surface area contributed by atoms with Crippen LogP contribution in [0.5, 0.6) is 0 Å². The molecule has 2 aliphatic heterocycles. The third-order valence-corrected chi connectivity index (χ3v) is 5.55. The molecule has 156 valence electrons. The number of urea groups is 1. The van der Waals surface area contributed by atoms with E-state index in [4.69, 9.17) is 4.99 Å². The van der Waals surface area contributed by atoms with Crippen LogP contribution in [0.1, 0.15) is 36.4 Å². The number of aryl methyl sites for hydroxylation is 3. The molecule has 0 saturated carbocycles. The first-order valence-corrected chi connectivity index (χ1v) is 10.1. The highest BCUT2D eigenvalue weighted by Crippen LogP contribution is 2.24. The Balaban J connectivity index is 1.77. The molecule has 1 saturated heterocycles. The molecule has 0 bridgehead atoms. The third-order valence-electron chi connectivity index (χ3n) is 5.55. The summed E-state index contributed by atoms with van der Waals surface area (Å²) in [5, 5.41) is 4.55. The molecule has 4 rings (SSSR count). The van der Waals surface area contributed by atoms with Crippen molar-refractivity contribution < 1.29 is 14.2 Å². The fourth-order valence-corrected chi connectivity index (χ4v) is 4.01. The average molecular weight is 407 g/mol. The van der Waals surface area contributed by atoms with Gasteiger partial charge in [0.2, 0.25) is 11.9 Å². The van der Waals surface area contributed by atoms with Crippen molar-refractivity contribution in [1.29, 1.82) is 0 Å². The Kier molecular flexibility index (Phi) is 4.80. The largest absolute Gasteiger partial charge is 0.421 e. The van der Waals surface area contributed by atoms with E-state index in [0.717, 1.165) is 22.5 Å². The van der Waals surface area contributed by atoms with Gasteiger partial charge in [0.05, 0.1) is 18.3 Å². The number of benzene rings is 1. The molecule has 8 heteroatoms. The van der Waals surface area contributed by atoms with Crippen LogP contribution in [-0.2, 0) is 11.3 Å². The molecule has 0 radical (unpaired) electrons. The first kappa shape index (κ1) is 20.0. The summed E-state index contributed by atoms with van der Waals surface area (Å²) < 4.78 is 3.69. The Labute approximate surface area is 176 Å². The molecule has 8 nitrogen and oxygen atoms in total. The first-order valence-electron chi connectivity index (χ1n) is 10.1. The molecule has 2 aliphatic rings. The first-order chi connectivity index (χ1) is 14.2. The van der Waals surface area contributed by atoms with E-state index in [-0.39, 0.29) is 24.5 Å². The summed E-state index contributed by atoms with van der Waals surface area (Å²) in [4.78, 5) is 34.1. The Morgan fingerprint density at radius 3 is 2.33 bits per heavy atom. The number of fused-ring (bicyclic) bond motifs is 1. The third kappa shape index (κ3) is 3.12. The van der Waals surface area contributed by atoms with Gasteiger partial charge in [-0.3, -0.25) is 14.6 Å². The fourth-order valence-electron chi connectivity index (χ4n) is 4.01. The summed E-state index contributed by atoms with van der Waals surface area (Å²) >= 11 is 0. The molecule has 30 heavy (non-hydrogen) atoms. The second-order valence-corrected chi connectivity index (χ2v) is 8.26. The summed E-state index contributed by atoms with van der Waals surface area (Å²) in [6.45, 7) is 10.1. The number of carbonyl (C=O) groups is 2. The minimum absolute atomic E-state index is 0.0121. The minimum atomic E-state index is -0.656. The lowest BCUT2D eigenvalue weighted by Gasteiger charge is -2.34. The van der Waals surface area contributed by atoms with Crippen LogP contribution < -0.4 is 0 Å². The van der Waals surface area contributed by atoms with Crippen molar-refractivity contribution in [3.05, 3.63) is 52.8 Å². The molecule has 1 atom stereocenters. The number of imide groups is 1. The molecule has 0 spiro atoms. The highest BCUT2D eigenvalue weighted by Gasteiger charge is 2.53. The summed E-state index contributed by atoms with van der Waals surface area (Å²) in [5.74, 6) is 0.754. The van der Waals surface area contributed by atoms with Crippen molar-refractivity contribution in [3.63, 3.8) is 0 Å². The van der Waals surface area contributed by atoms with E-state index in [9.17, 15) is 9.59 Å². The van der Waals surface area contributed by atoms with E-state index in [1.165, 1.54) is 9.80 Å². The Morgan fingerprint density at radius 1 is 1.10 bits per heavy atom. The maximum Gasteiger partial charge on any atom is 0.421 e. The lowest BCUT2D eigenvalue weighted by Crippen LogP contribution is -2.63. The van der Waals surface area contributed by atoms with Crippen LogP contribution in [0.4, 0.5) is 4.79 Å². The normalized spacial score (nSPS) is 19.2. The number of amidine groups is 1. The number of aromatic nitrogens is 2. The van der Waals surface area contributed by atoms with E-state index in [2.05, 4.69) is 5.10 Å². The van der Waals surface area contributed by atoms with Crippen LogP contribution in [0.15, 0.2) is 35.3 Å². The van der Waals surface area contributed by atoms with Crippen LogP contribution in [0.2, 0.25) is 0 Å². The van der Waals surface area contributed by atoms with Crippen molar-refractivity contribution in [1.82, 2.24) is 19.6 Å². The number of aliphatic imine (C=N–C) groups is 1. The van der Waals surface area contributed by atoms with Crippen LogP contribution >= 0.6 is 0 Å². The van der Waals surface area contributed by atoms with Crippen molar-refractivity contribution in [2.75, 3.05) is 7.05 Å².